The molecule has 0 rings (SSSR count). The van der Waals surface area contributed by atoms with Crippen molar-refractivity contribution in [1.29, 1.82) is 0 Å². The number of carbonyl (C=O) groups excluding carboxylic acids is 2. The zero-order chi connectivity index (χ0) is 11.3. The highest BCUT2D eigenvalue weighted by Gasteiger charge is 2.18. The normalized spacial score (nSPS) is 15.0. The van der Waals surface area contributed by atoms with Gasteiger partial charge in [-0.2, -0.15) is 0 Å². The molecule has 4 nitrogen and oxygen atoms in total. The van der Waals surface area contributed by atoms with Crippen LogP contribution in [0.3, 0.4) is 0 Å². The van der Waals surface area contributed by atoms with Crippen LogP contribution in [-0.4, -0.2) is 23.8 Å². The molecular weight excluding hydrogens is 180 g/mol. The van der Waals surface area contributed by atoms with E-state index in [1.54, 1.807) is 13.8 Å². The van der Waals surface area contributed by atoms with Crippen molar-refractivity contribution in [3.8, 4) is 0 Å². The lowest BCUT2D eigenvalue weighted by atomic mass is 10.0. The van der Waals surface area contributed by atoms with Crippen LogP contribution in [0.2, 0.25) is 0 Å². The van der Waals surface area contributed by atoms with E-state index in [0.29, 0.717) is 0 Å². The van der Waals surface area contributed by atoms with E-state index in [-0.39, 0.29) is 30.1 Å². The Balaban J connectivity index is 4.00. The van der Waals surface area contributed by atoms with Crippen LogP contribution in [0, 0.1) is 5.92 Å². The lowest BCUT2D eigenvalue weighted by molar-refractivity contribution is -0.129. The second-order valence-corrected chi connectivity index (χ2v) is 4.03. The largest absolute Gasteiger partial charge is 0.347 e. The summed E-state index contributed by atoms with van der Waals surface area (Å²) in [4.78, 5) is 22.7. The molecule has 0 aromatic rings. The minimum atomic E-state index is -0.416. The predicted octanol–water partition coefficient (Wildman–Crippen LogP) is 0.454. The molecule has 4 heteroatoms. The van der Waals surface area contributed by atoms with Gasteiger partial charge in [-0.1, -0.05) is 13.8 Å². The number of ketones is 1. The zero-order valence-electron chi connectivity index (χ0n) is 9.33. The second kappa shape index (κ2) is 5.75. The lowest BCUT2D eigenvalue weighted by Crippen LogP contribution is -2.42. The number of rotatable bonds is 5. The van der Waals surface area contributed by atoms with Crippen molar-refractivity contribution in [3.63, 3.8) is 0 Å². The molecule has 0 fully saturated rings. The van der Waals surface area contributed by atoms with Crippen LogP contribution >= 0.6 is 0 Å². The van der Waals surface area contributed by atoms with Gasteiger partial charge >= 0.3 is 0 Å². The average Bonchev–Trinajstić information content (AvgIpc) is 2.00. The first kappa shape index (κ1) is 13.1. The number of carbonyl (C=O) groups is 2. The molecule has 0 saturated carbocycles. The summed E-state index contributed by atoms with van der Waals surface area (Å²) in [7, 11) is 0. The van der Waals surface area contributed by atoms with Gasteiger partial charge in [0.25, 0.3) is 0 Å². The van der Waals surface area contributed by atoms with E-state index in [9.17, 15) is 9.59 Å². The Kier molecular flexibility index (Phi) is 5.38. The number of nitrogens with one attached hydrogen (secondary N) is 1. The Morgan fingerprint density at radius 1 is 1.21 bits per heavy atom. The third-order valence-electron chi connectivity index (χ3n) is 1.88. The minimum absolute atomic E-state index is 0.0445. The molecule has 0 aliphatic carbocycles. The molecule has 14 heavy (non-hydrogen) atoms. The molecule has 0 aromatic heterocycles. The van der Waals surface area contributed by atoms with Gasteiger partial charge in [0.1, 0.15) is 0 Å². The highest BCUT2D eigenvalue weighted by atomic mass is 16.2. The van der Waals surface area contributed by atoms with E-state index in [4.69, 9.17) is 5.73 Å². The molecule has 0 aromatic carbocycles. The fourth-order valence-electron chi connectivity index (χ4n) is 1.16. The fraction of sp³-hybridized carbons (Fsp3) is 0.800. The first-order chi connectivity index (χ1) is 6.34. The van der Waals surface area contributed by atoms with Crippen molar-refractivity contribution in [2.75, 3.05) is 0 Å². The van der Waals surface area contributed by atoms with E-state index in [1.165, 1.54) is 0 Å². The first-order valence-electron chi connectivity index (χ1n) is 4.93. The molecule has 0 saturated heterocycles. The summed E-state index contributed by atoms with van der Waals surface area (Å²) in [6, 6.07) is -0.586. The standard InChI is InChI=1S/C10H20N2O2/c1-6(2)10(14)8(4)12-9(13)5-7(3)11/h6-8H,5,11H2,1-4H3,(H,12,13)/t7-,8-/m0/s1. The van der Waals surface area contributed by atoms with Gasteiger partial charge in [0.15, 0.2) is 5.78 Å². The van der Waals surface area contributed by atoms with Gasteiger partial charge in [-0.3, -0.25) is 9.59 Å². The number of Topliss-reactive ketones (excluding diaryl/α,β-unsaturated/α-hetero) is 1. The van der Waals surface area contributed by atoms with Crippen LogP contribution in [0.25, 0.3) is 0 Å². The molecule has 2 atom stereocenters. The van der Waals surface area contributed by atoms with Gasteiger partial charge in [0.2, 0.25) is 5.91 Å². The summed E-state index contributed by atoms with van der Waals surface area (Å²) in [6.45, 7) is 7.09. The Morgan fingerprint density at radius 2 is 1.71 bits per heavy atom. The average molecular weight is 200 g/mol. The van der Waals surface area contributed by atoms with Crippen molar-refractivity contribution >= 4 is 11.7 Å². The van der Waals surface area contributed by atoms with E-state index < -0.39 is 6.04 Å². The first-order valence-corrected chi connectivity index (χ1v) is 4.93. The van der Waals surface area contributed by atoms with Crippen molar-refractivity contribution in [1.82, 2.24) is 5.32 Å². The SMILES string of the molecule is CC(C)C(=O)[C@H](C)NC(=O)C[C@H](C)N. The predicted molar refractivity (Wildman–Crippen MR) is 55.7 cm³/mol. The van der Waals surface area contributed by atoms with Crippen LogP contribution in [0.5, 0.6) is 0 Å². The van der Waals surface area contributed by atoms with Crippen LogP contribution in [0.15, 0.2) is 0 Å². The fourth-order valence-corrected chi connectivity index (χ4v) is 1.16. The van der Waals surface area contributed by atoms with Gasteiger partial charge in [-0.15, -0.1) is 0 Å². The lowest BCUT2D eigenvalue weighted by Gasteiger charge is -2.15. The molecule has 0 spiro atoms. The Bertz CT molecular complexity index is 212. The molecular formula is C10H20N2O2. The maximum Gasteiger partial charge on any atom is 0.222 e. The molecule has 0 radical (unpaired) electrons. The van der Waals surface area contributed by atoms with Gasteiger partial charge in [0, 0.05) is 18.4 Å². The summed E-state index contributed by atoms with van der Waals surface area (Å²) in [5.41, 5.74) is 5.46. The molecule has 0 aliphatic heterocycles. The third kappa shape index (κ3) is 4.97. The van der Waals surface area contributed by atoms with E-state index in [1.807, 2.05) is 13.8 Å². The Morgan fingerprint density at radius 3 is 2.07 bits per heavy atom. The van der Waals surface area contributed by atoms with Crippen LogP contribution in [0.1, 0.15) is 34.1 Å². The van der Waals surface area contributed by atoms with Gasteiger partial charge < -0.3 is 11.1 Å². The summed E-state index contributed by atoms with van der Waals surface area (Å²) >= 11 is 0. The quantitative estimate of drug-likeness (QED) is 0.677. The number of hydrogen-bond donors (Lipinski definition) is 2. The molecule has 82 valence electrons. The molecule has 0 aliphatic rings. The summed E-state index contributed by atoms with van der Waals surface area (Å²) in [5, 5.41) is 2.62. The Labute approximate surface area is 85.2 Å². The molecule has 0 heterocycles. The topological polar surface area (TPSA) is 72.2 Å². The molecule has 1 amide bonds. The maximum absolute atomic E-state index is 11.4. The van der Waals surface area contributed by atoms with Crippen molar-refractivity contribution in [2.45, 2.75) is 46.2 Å². The number of nitrogens with two attached hydrogens (primary N) is 1. The highest BCUT2D eigenvalue weighted by molar-refractivity contribution is 5.89. The van der Waals surface area contributed by atoms with Crippen LogP contribution in [-0.2, 0) is 9.59 Å². The second-order valence-electron chi connectivity index (χ2n) is 4.03. The number of hydrogen-bond acceptors (Lipinski definition) is 3. The van der Waals surface area contributed by atoms with E-state index in [2.05, 4.69) is 5.32 Å². The summed E-state index contributed by atoms with van der Waals surface area (Å²) in [5.74, 6) is -0.176. The molecule has 0 unspecified atom stereocenters. The zero-order valence-corrected chi connectivity index (χ0v) is 9.33. The molecule has 0 bridgehead atoms. The van der Waals surface area contributed by atoms with E-state index >= 15 is 0 Å². The third-order valence-corrected chi connectivity index (χ3v) is 1.88. The minimum Gasteiger partial charge on any atom is -0.347 e. The summed E-state index contributed by atoms with van der Waals surface area (Å²) < 4.78 is 0. The highest BCUT2D eigenvalue weighted by Crippen LogP contribution is 1.99. The molecule has 3 N–H and O–H groups in total. The Hall–Kier alpha value is -0.900. The van der Waals surface area contributed by atoms with Crippen LogP contribution in [0.4, 0.5) is 0 Å². The van der Waals surface area contributed by atoms with E-state index in [0.717, 1.165) is 0 Å². The van der Waals surface area contributed by atoms with Gasteiger partial charge in [0.05, 0.1) is 6.04 Å². The smallest absolute Gasteiger partial charge is 0.222 e. The number of amides is 1. The monoisotopic (exact) mass is 200 g/mol. The summed E-state index contributed by atoms with van der Waals surface area (Å²) in [6.07, 6.45) is 0.260. The van der Waals surface area contributed by atoms with Crippen LogP contribution < -0.4 is 11.1 Å². The van der Waals surface area contributed by atoms with Gasteiger partial charge in [-0.05, 0) is 13.8 Å². The van der Waals surface area contributed by atoms with Gasteiger partial charge in [-0.25, -0.2) is 0 Å². The van der Waals surface area contributed by atoms with Crippen molar-refractivity contribution in [2.24, 2.45) is 11.7 Å². The van der Waals surface area contributed by atoms with Crippen molar-refractivity contribution in [3.05, 3.63) is 0 Å². The maximum atomic E-state index is 11.4. The van der Waals surface area contributed by atoms with Crippen molar-refractivity contribution < 1.29 is 9.59 Å².